The molecule has 0 saturated heterocycles. The molecule has 0 atom stereocenters. The molecule has 0 unspecified atom stereocenters. The van der Waals surface area contributed by atoms with Gasteiger partial charge in [0.2, 0.25) is 0 Å². The number of pyridine rings is 1. The predicted molar refractivity (Wildman–Crippen MR) is 246 cm³/mol. The number of phenols is 1. The van der Waals surface area contributed by atoms with Crippen molar-refractivity contribution < 1.29 is 13.3 Å². The Balaban J connectivity index is 1.31. The molecule has 4 heteroatoms. The minimum absolute atomic E-state index is 0.133. The molecule has 2 aromatic heterocycles. The van der Waals surface area contributed by atoms with Crippen LogP contribution >= 0.6 is 0 Å². The lowest BCUT2D eigenvalue weighted by Gasteiger charge is -2.23. The van der Waals surface area contributed by atoms with Crippen LogP contribution in [0.2, 0.25) is 0 Å². The normalized spacial score (nSPS) is 13.6. The van der Waals surface area contributed by atoms with Crippen molar-refractivity contribution in [2.75, 3.05) is 0 Å². The first kappa shape index (κ1) is 31.0. The van der Waals surface area contributed by atoms with E-state index in [0.717, 1.165) is 66.8 Å². The number of aromatic nitrogens is 3. The van der Waals surface area contributed by atoms with E-state index in [0.29, 0.717) is 28.2 Å². The first-order chi connectivity index (χ1) is 30.9. The Morgan fingerprint density at radius 1 is 0.525 bits per heavy atom. The summed E-state index contributed by atoms with van der Waals surface area (Å²) in [4.78, 5) is 10.3. The highest BCUT2D eigenvalue weighted by molar-refractivity contribution is 5.98. The Labute approximate surface area is 355 Å². The van der Waals surface area contributed by atoms with E-state index in [4.69, 9.17) is 18.2 Å². The number of hydrogen-bond acceptors (Lipinski definition) is 3. The third-order valence-electron chi connectivity index (χ3n) is 10.9. The van der Waals surface area contributed by atoms with E-state index in [1.54, 1.807) is 30.5 Å². The topological polar surface area (TPSA) is 50.9 Å². The van der Waals surface area contributed by atoms with Crippen LogP contribution in [0.5, 0.6) is 5.75 Å². The number of fused-ring (bicyclic) bond motifs is 1. The van der Waals surface area contributed by atoms with Crippen LogP contribution in [-0.2, 0) is 5.41 Å². The SMILES string of the molecule is [2H]C([2H])([2H])c1ccc(-c2ccnc(-c3cc(-c4ccccc4)cc(-c4cccc5c4nc(-c4cc(C)cc(C(C)(C)C)c4O)n5-c4ccc(C([2H])([2H])[2H])cc4-c4ccccc4)c3)c2)cc1. The second-order valence-corrected chi connectivity index (χ2v) is 16.2. The maximum atomic E-state index is 12.2. The lowest BCUT2D eigenvalue weighted by atomic mass is 9.84. The third kappa shape index (κ3) is 7.23. The largest absolute Gasteiger partial charge is 0.507 e. The van der Waals surface area contributed by atoms with Crippen molar-refractivity contribution in [1.82, 2.24) is 14.5 Å². The molecule has 0 fully saturated rings. The third-order valence-corrected chi connectivity index (χ3v) is 10.9. The number of aryl methyl sites for hydroxylation is 3. The van der Waals surface area contributed by atoms with Crippen molar-refractivity contribution in [3.63, 3.8) is 0 Å². The molecule has 9 aromatic rings. The number of rotatable bonds is 7. The van der Waals surface area contributed by atoms with Crippen molar-refractivity contribution >= 4 is 11.0 Å². The number of aromatic hydroxyl groups is 1. The lowest BCUT2D eigenvalue weighted by molar-refractivity contribution is 0.448. The molecular weight excluding hydrogens is 719 g/mol. The van der Waals surface area contributed by atoms with Gasteiger partial charge in [-0.1, -0.05) is 141 Å². The van der Waals surface area contributed by atoms with Gasteiger partial charge >= 0.3 is 0 Å². The zero-order valence-corrected chi connectivity index (χ0v) is 33.5. The van der Waals surface area contributed by atoms with Gasteiger partial charge in [-0.15, -0.1) is 0 Å². The molecular formula is C55H47N3O. The number of benzene rings is 7. The van der Waals surface area contributed by atoms with Crippen molar-refractivity contribution in [2.45, 2.75) is 46.8 Å². The van der Waals surface area contributed by atoms with Crippen molar-refractivity contribution in [3.05, 3.63) is 192 Å². The second kappa shape index (κ2) is 15.0. The fourth-order valence-electron chi connectivity index (χ4n) is 8.02. The number of imidazole rings is 1. The molecule has 1 N–H and O–H groups in total. The second-order valence-electron chi connectivity index (χ2n) is 16.2. The number of phenolic OH excluding ortho intramolecular Hbond substituents is 1. The fourth-order valence-corrected chi connectivity index (χ4v) is 8.02. The quantitative estimate of drug-likeness (QED) is 0.176. The van der Waals surface area contributed by atoms with Crippen LogP contribution in [0.4, 0.5) is 0 Å². The summed E-state index contributed by atoms with van der Waals surface area (Å²) < 4.78 is 50.6. The number of nitrogens with zero attached hydrogens (tertiary/aromatic N) is 3. The van der Waals surface area contributed by atoms with Gasteiger partial charge in [-0.2, -0.15) is 0 Å². The molecule has 0 spiro atoms. The van der Waals surface area contributed by atoms with Gasteiger partial charge < -0.3 is 5.11 Å². The molecule has 0 amide bonds. The summed E-state index contributed by atoms with van der Waals surface area (Å²) in [5.74, 6) is 0.644. The van der Waals surface area contributed by atoms with Crippen LogP contribution in [0.25, 0.3) is 83.9 Å². The van der Waals surface area contributed by atoms with Gasteiger partial charge in [0.25, 0.3) is 0 Å². The van der Waals surface area contributed by atoms with E-state index in [2.05, 4.69) is 61.7 Å². The van der Waals surface area contributed by atoms with Crippen molar-refractivity contribution in [3.8, 4) is 78.6 Å². The zero-order valence-electron chi connectivity index (χ0n) is 39.5. The molecule has 59 heavy (non-hydrogen) atoms. The molecule has 7 aromatic carbocycles. The summed E-state index contributed by atoms with van der Waals surface area (Å²) in [6.07, 6.45) is 1.77. The summed E-state index contributed by atoms with van der Waals surface area (Å²) in [5.41, 5.74) is 13.3. The summed E-state index contributed by atoms with van der Waals surface area (Å²) >= 11 is 0. The Bertz CT molecular complexity index is 3220. The highest BCUT2D eigenvalue weighted by Crippen LogP contribution is 2.44. The monoisotopic (exact) mass is 771 g/mol. The average Bonchev–Trinajstić information content (AvgIpc) is 3.68. The highest BCUT2D eigenvalue weighted by Gasteiger charge is 2.27. The number of para-hydroxylation sites is 1. The van der Waals surface area contributed by atoms with E-state index in [1.807, 2.05) is 110 Å². The Hall–Kier alpha value is -7.04. The molecule has 0 bridgehead atoms. The van der Waals surface area contributed by atoms with Crippen LogP contribution in [-0.4, -0.2) is 19.6 Å². The molecule has 0 saturated carbocycles. The van der Waals surface area contributed by atoms with E-state index in [-0.39, 0.29) is 22.3 Å². The standard InChI is InChI=1S/C55H47N3O/c1-35-20-23-39(24-21-35)41-26-27-56-49(34-41)44-32-42(38-14-9-7-10-15-38)31-43(33-44)45-18-13-19-51-52(45)57-54(47-29-37(3)30-48(53(47)59)55(4,5)6)58(51)50-25-22-36(2)28-46(50)40-16-11-8-12-17-40/h7-34,59H,1-6H3/i1D3,2D3. The van der Waals surface area contributed by atoms with Crippen LogP contribution in [0.15, 0.2) is 170 Å². The Morgan fingerprint density at radius 2 is 1.19 bits per heavy atom. The van der Waals surface area contributed by atoms with Crippen LogP contribution in [0, 0.1) is 20.6 Å². The van der Waals surface area contributed by atoms with Crippen molar-refractivity contribution in [1.29, 1.82) is 0 Å². The van der Waals surface area contributed by atoms with E-state index < -0.39 is 13.7 Å². The maximum Gasteiger partial charge on any atom is 0.149 e. The Morgan fingerprint density at radius 3 is 1.92 bits per heavy atom. The summed E-state index contributed by atoms with van der Waals surface area (Å²) in [7, 11) is 0. The molecule has 2 heterocycles. The zero-order chi connectivity index (χ0) is 45.8. The van der Waals surface area contributed by atoms with Gasteiger partial charge in [-0.25, -0.2) is 4.98 Å². The highest BCUT2D eigenvalue weighted by atomic mass is 16.3. The Kier molecular flexibility index (Phi) is 7.91. The lowest BCUT2D eigenvalue weighted by Crippen LogP contribution is -2.12. The van der Waals surface area contributed by atoms with Gasteiger partial charge in [0.05, 0.1) is 28.0 Å². The van der Waals surface area contributed by atoms with Gasteiger partial charge in [0.1, 0.15) is 11.6 Å². The van der Waals surface area contributed by atoms with E-state index in [1.165, 1.54) is 0 Å². The fraction of sp³-hybridized carbons (Fsp3) is 0.127. The van der Waals surface area contributed by atoms with Crippen molar-refractivity contribution in [2.24, 2.45) is 0 Å². The molecule has 0 radical (unpaired) electrons. The molecule has 0 aliphatic heterocycles. The average molecular weight is 772 g/mol. The van der Waals surface area contributed by atoms with Gasteiger partial charge in [-0.05, 0) is 120 Å². The summed E-state index contributed by atoms with van der Waals surface area (Å²) in [6, 6.07) is 52.5. The van der Waals surface area contributed by atoms with E-state index >= 15 is 0 Å². The first-order valence-electron chi connectivity index (χ1n) is 22.8. The summed E-state index contributed by atoms with van der Waals surface area (Å²) in [5, 5.41) is 12.2. The van der Waals surface area contributed by atoms with Gasteiger partial charge in [0, 0.05) is 36.7 Å². The van der Waals surface area contributed by atoms with Gasteiger partial charge in [-0.3, -0.25) is 9.55 Å². The smallest absolute Gasteiger partial charge is 0.149 e. The number of hydrogen-bond donors (Lipinski definition) is 1. The van der Waals surface area contributed by atoms with Crippen LogP contribution < -0.4 is 0 Å². The first-order valence-corrected chi connectivity index (χ1v) is 19.8. The van der Waals surface area contributed by atoms with Gasteiger partial charge in [0.15, 0.2) is 0 Å². The van der Waals surface area contributed by atoms with E-state index in [9.17, 15) is 5.11 Å². The maximum absolute atomic E-state index is 12.2. The van der Waals surface area contributed by atoms with Crippen LogP contribution in [0.1, 0.15) is 51.2 Å². The minimum atomic E-state index is -2.34. The molecule has 9 rings (SSSR count). The minimum Gasteiger partial charge on any atom is -0.507 e. The molecule has 0 aliphatic rings. The molecule has 288 valence electrons. The molecule has 0 aliphatic carbocycles. The molecule has 4 nitrogen and oxygen atoms in total. The predicted octanol–water partition coefficient (Wildman–Crippen LogP) is 14.4. The van der Waals surface area contributed by atoms with Crippen LogP contribution in [0.3, 0.4) is 0 Å². The summed E-state index contributed by atoms with van der Waals surface area (Å²) in [6.45, 7) is 3.71.